The maximum atomic E-state index is 13.4. The molecule has 1 aromatic heterocycles. The Morgan fingerprint density at radius 1 is 1.32 bits per heavy atom. The number of hydrogen-bond acceptors (Lipinski definition) is 3. The van der Waals surface area contributed by atoms with Gasteiger partial charge in [-0.25, -0.2) is 18.3 Å². The predicted octanol–water partition coefficient (Wildman–Crippen LogP) is 1.97. The van der Waals surface area contributed by atoms with Gasteiger partial charge in [-0.1, -0.05) is 0 Å². The predicted molar refractivity (Wildman–Crippen MR) is 64.4 cm³/mol. The maximum absolute atomic E-state index is 13.4. The Kier molecular flexibility index (Phi) is 3.43. The van der Waals surface area contributed by atoms with E-state index in [2.05, 4.69) is 21.0 Å². The molecule has 0 radical (unpaired) electrons. The molecule has 5 nitrogen and oxygen atoms in total. The largest absolute Gasteiger partial charge is 0.476 e. The molecule has 0 saturated carbocycles. The van der Waals surface area contributed by atoms with Gasteiger partial charge in [-0.2, -0.15) is 5.10 Å². The average molecular weight is 331 g/mol. The van der Waals surface area contributed by atoms with Crippen LogP contribution >= 0.6 is 15.9 Å². The van der Waals surface area contributed by atoms with Gasteiger partial charge in [0.25, 0.3) is 0 Å². The number of carboxylic acids is 1. The first kappa shape index (κ1) is 13.3. The molecule has 98 valence electrons. The third-order valence-electron chi connectivity index (χ3n) is 2.24. The normalized spacial score (nSPS) is 10.5. The van der Waals surface area contributed by atoms with E-state index >= 15 is 0 Å². The topological polar surface area (TPSA) is 72.2 Å². The Morgan fingerprint density at radius 3 is 2.42 bits per heavy atom. The van der Waals surface area contributed by atoms with Crippen molar-refractivity contribution in [2.45, 2.75) is 0 Å². The van der Waals surface area contributed by atoms with Crippen LogP contribution in [0, 0.1) is 11.6 Å². The van der Waals surface area contributed by atoms with Crippen molar-refractivity contribution in [2.75, 3.05) is 0 Å². The van der Waals surface area contributed by atoms with E-state index in [0.717, 1.165) is 29.1 Å². The van der Waals surface area contributed by atoms with Crippen LogP contribution in [0.1, 0.15) is 10.5 Å². The van der Waals surface area contributed by atoms with Crippen LogP contribution < -0.4 is 5.43 Å². The summed E-state index contributed by atoms with van der Waals surface area (Å²) in [4.78, 5) is 22.0. The van der Waals surface area contributed by atoms with Gasteiger partial charge >= 0.3 is 5.97 Å². The van der Waals surface area contributed by atoms with Crippen LogP contribution in [0.4, 0.5) is 8.78 Å². The maximum Gasteiger partial charge on any atom is 0.360 e. The number of aromatic carboxylic acids is 1. The fourth-order valence-electron chi connectivity index (χ4n) is 1.37. The van der Waals surface area contributed by atoms with E-state index in [-0.39, 0.29) is 10.2 Å². The van der Waals surface area contributed by atoms with E-state index in [0.29, 0.717) is 0 Å². The Balaban J connectivity index is 2.63. The van der Waals surface area contributed by atoms with Gasteiger partial charge in [-0.3, -0.25) is 4.79 Å². The number of aromatic nitrogens is 2. The molecule has 1 heterocycles. The summed E-state index contributed by atoms with van der Waals surface area (Å²) in [6, 6.07) is 2.86. The quantitative estimate of drug-likeness (QED) is 0.854. The summed E-state index contributed by atoms with van der Waals surface area (Å²) < 4.78 is 27.3. The SMILES string of the molecule is O=C(O)c1nn(-c2cc(F)c(Br)c(F)c2)ccc1=O. The van der Waals surface area contributed by atoms with E-state index in [1.54, 1.807) is 0 Å². The van der Waals surface area contributed by atoms with Gasteiger partial charge in [0.15, 0.2) is 0 Å². The van der Waals surface area contributed by atoms with Crippen LogP contribution in [0.25, 0.3) is 5.69 Å². The molecular formula is C11H5BrF2N2O3. The van der Waals surface area contributed by atoms with Crippen LogP contribution in [0.15, 0.2) is 33.7 Å². The van der Waals surface area contributed by atoms with Crippen molar-refractivity contribution < 1.29 is 18.7 Å². The number of benzene rings is 1. The molecule has 0 bridgehead atoms. The first-order chi connectivity index (χ1) is 8.90. The molecule has 19 heavy (non-hydrogen) atoms. The number of rotatable bonds is 2. The van der Waals surface area contributed by atoms with Crippen molar-refractivity contribution in [1.29, 1.82) is 0 Å². The van der Waals surface area contributed by atoms with Crippen LogP contribution in [0.3, 0.4) is 0 Å². The second-order valence-electron chi connectivity index (χ2n) is 3.50. The molecule has 0 unspecified atom stereocenters. The van der Waals surface area contributed by atoms with E-state index in [9.17, 15) is 18.4 Å². The van der Waals surface area contributed by atoms with Crippen molar-refractivity contribution in [3.63, 3.8) is 0 Å². The third kappa shape index (κ3) is 2.53. The Labute approximate surface area is 113 Å². The van der Waals surface area contributed by atoms with E-state index in [1.165, 1.54) is 0 Å². The molecule has 1 aromatic carbocycles. The van der Waals surface area contributed by atoms with Gasteiger partial charge in [0, 0.05) is 24.4 Å². The van der Waals surface area contributed by atoms with Crippen LogP contribution in [0.2, 0.25) is 0 Å². The number of halogens is 3. The molecule has 0 amide bonds. The third-order valence-corrected chi connectivity index (χ3v) is 3.00. The summed E-state index contributed by atoms with van der Waals surface area (Å²) in [6.07, 6.45) is 1.12. The summed E-state index contributed by atoms with van der Waals surface area (Å²) in [7, 11) is 0. The van der Waals surface area contributed by atoms with E-state index in [4.69, 9.17) is 5.11 Å². The Morgan fingerprint density at radius 2 is 1.89 bits per heavy atom. The fraction of sp³-hybridized carbons (Fsp3) is 0. The smallest absolute Gasteiger partial charge is 0.360 e. The lowest BCUT2D eigenvalue weighted by atomic mass is 10.3. The Hall–Kier alpha value is -2.09. The van der Waals surface area contributed by atoms with Gasteiger partial charge < -0.3 is 5.11 Å². The second-order valence-corrected chi connectivity index (χ2v) is 4.29. The average Bonchev–Trinajstić information content (AvgIpc) is 2.35. The summed E-state index contributed by atoms with van der Waals surface area (Å²) in [5.41, 5.74) is -1.56. The van der Waals surface area contributed by atoms with Gasteiger partial charge in [0.05, 0.1) is 10.2 Å². The molecule has 0 aliphatic heterocycles. The molecular weight excluding hydrogens is 326 g/mol. The molecule has 0 aliphatic rings. The number of nitrogens with zero attached hydrogens (tertiary/aromatic N) is 2. The van der Waals surface area contributed by atoms with Gasteiger partial charge in [0.1, 0.15) is 11.6 Å². The fourth-order valence-corrected chi connectivity index (χ4v) is 1.60. The minimum Gasteiger partial charge on any atom is -0.476 e. The lowest BCUT2D eigenvalue weighted by Crippen LogP contribution is -2.20. The highest BCUT2D eigenvalue weighted by molar-refractivity contribution is 9.10. The lowest BCUT2D eigenvalue weighted by molar-refractivity contribution is 0.0687. The van der Waals surface area contributed by atoms with Crippen LogP contribution in [-0.4, -0.2) is 20.9 Å². The summed E-state index contributed by atoms with van der Waals surface area (Å²) >= 11 is 2.71. The summed E-state index contributed by atoms with van der Waals surface area (Å²) in [5.74, 6) is -3.25. The second kappa shape index (κ2) is 4.88. The number of carboxylic acid groups (broad SMARTS) is 1. The zero-order chi connectivity index (χ0) is 14.2. The molecule has 0 fully saturated rings. The van der Waals surface area contributed by atoms with Crippen molar-refractivity contribution >= 4 is 21.9 Å². The summed E-state index contributed by atoms with van der Waals surface area (Å²) in [6.45, 7) is 0. The highest BCUT2D eigenvalue weighted by Crippen LogP contribution is 2.22. The van der Waals surface area contributed by atoms with Crippen molar-refractivity contribution in [3.05, 3.63) is 56.4 Å². The molecule has 0 aliphatic carbocycles. The zero-order valence-electron chi connectivity index (χ0n) is 9.10. The number of hydrogen-bond donors (Lipinski definition) is 1. The molecule has 0 saturated heterocycles. The molecule has 2 rings (SSSR count). The minimum atomic E-state index is -1.52. The van der Waals surface area contributed by atoms with Crippen molar-refractivity contribution in [2.24, 2.45) is 0 Å². The first-order valence-corrected chi connectivity index (χ1v) is 5.67. The van der Waals surface area contributed by atoms with Crippen LogP contribution in [0.5, 0.6) is 0 Å². The first-order valence-electron chi connectivity index (χ1n) is 4.88. The van der Waals surface area contributed by atoms with Crippen molar-refractivity contribution in [1.82, 2.24) is 9.78 Å². The molecule has 2 aromatic rings. The van der Waals surface area contributed by atoms with E-state index < -0.39 is 28.7 Å². The van der Waals surface area contributed by atoms with Gasteiger partial charge in [-0.15, -0.1) is 0 Å². The lowest BCUT2D eigenvalue weighted by Gasteiger charge is -2.07. The molecule has 0 spiro atoms. The monoisotopic (exact) mass is 330 g/mol. The van der Waals surface area contributed by atoms with E-state index in [1.807, 2.05) is 0 Å². The minimum absolute atomic E-state index is 0.0410. The highest BCUT2D eigenvalue weighted by Gasteiger charge is 2.13. The highest BCUT2D eigenvalue weighted by atomic mass is 79.9. The van der Waals surface area contributed by atoms with Crippen LogP contribution in [-0.2, 0) is 0 Å². The molecule has 1 N–H and O–H groups in total. The standard InChI is InChI=1S/C11H5BrF2N2O3/c12-9-6(13)3-5(4-7(9)14)16-2-1-8(17)10(15-16)11(18)19/h1-4H,(H,18,19). The van der Waals surface area contributed by atoms with Gasteiger partial charge in [-0.05, 0) is 15.9 Å². The van der Waals surface area contributed by atoms with Crippen molar-refractivity contribution in [3.8, 4) is 5.69 Å². The Bertz CT molecular complexity index is 707. The molecule has 8 heteroatoms. The zero-order valence-corrected chi connectivity index (χ0v) is 10.7. The number of carbonyl (C=O) groups is 1. The summed E-state index contributed by atoms with van der Waals surface area (Å²) in [5, 5.41) is 12.3. The molecule has 0 atom stereocenters. The van der Waals surface area contributed by atoms with Gasteiger partial charge in [0.2, 0.25) is 11.1 Å².